The fraction of sp³-hybridized carbons (Fsp3) is 0.273. The largest absolute Gasteiger partial charge is 0.497 e. The summed E-state index contributed by atoms with van der Waals surface area (Å²) in [7, 11) is -1.13. The standard InChI is InChI=1S/C22H26N4O5S/c1-30-18-9-10-21(31-2)20(15-18)26(32(28,29)19-7-4-3-5-8-19)16-22(27)24-11-6-13-25-14-12-23-17-25/h3-5,7-10,12,14-15,17H,6,11,13,16H2,1-2H3,(H,24,27). The first-order valence-electron chi connectivity index (χ1n) is 9.98. The van der Waals surface area contributed by atoms with Gasteiger partial charge < -0.3 is 19.4 Å². The highest BCUT2D eigenvalue weighted by Crippen LogP contribution is 2.35. The number of ether oxygens (including phenoxy) is 2. The first-order chi connectivity index (χ1) is 15.5. The van der Waals surface area contributed by atoms with Gasteiger partial charge in [-0.05, 0) is 30.7 Å². The molecule has 2 aromatic carbocycles. The minimum atomic E-state index is -4.05. The van der Waals surface area contributed by atoms with Crippen molar-refractivity contribution in [1.29, 1.82) is 0 Å². The number of nitrogens with one attached hydrogen (secondary N) is 1. The Morgan fingerprint density at radius 2 is 1.91 bits per heavy atom. The molecule has 0 aliphatic rings. The average molecular weight is 459 g/mol. The van der Waals surface area contributed by atoms with E-state index in [9.17, 15) is 13.2 Å². The molecule has 0 saturated heterocycles. The number of carbonyl (C=O) groups is 1. The highest BCUT2D eigenvalue weighted by molar-refractivity contribution is 7.92. The van der Waals surface area contributed by atoms with Crippen LogP contribution in [0.1, 0.15) is 6.42 Å². The molecule has 0 aliphatic heterocycles. The molecule has 9 nitrogen and oxygen atoms in total. The van der Waals surface area contributed by atoms with Crippen molar-refractivity contribution in [3.05, 3.63) is 67.3 Å². The van der Waals surface area contributed by atoms with E-state index >= 15 is 0 Å². The fourth-order valence-electron chi connectivity index (χ4n) is 3.11. The minimum Gasteiger partial charge on any atom is -0.497 e. The zero-order valence-electron chi connectivity index (χ0n) is 18.0. The van der Waals surface area contributed by atoms with Gasteiger partial charge in [-0.1, -0.05) is 18.2 Å². The maximum absolute atomic E-state index is 13.5. The summed E-state index contributed by atoms with van der Waals surface area (Å²) < 4.78 is 40.5. The molecule has 1 amide bonds. The summed E-state index contributed by atoms with van der Waals surface area (Å²) in [5, 5.41) is 2.78. The molecule has 32 heavy (non-hydrogen) atoms. The summed E-state index contributed by atoms with van der Waals surface area (Å²) in [4.78, 5) is 16.8. The summed E-state index contributed by atoms with van der Waals surface area (Å²) >= 11 is 0. The number of rotatable bonds is 11. The normalized spacial score (nSPS) is 11.1. The number of amides is 1. The predicted octanol–water partition coefficient (Wildman–Crippen LogP) is 2.30. The number of hydrogen-bond donors (Lipinski definition) is 1. The Hall–Kier alpha value is -3.53. The van der Waals surface area contributed by atoms with E-state index in [2.05, 4.69) is 10.3 Å². The SMILES string of the molecule is COc1ccc(OC)c(N(CC(=O)NCCCn2ccnc2)S(=O)(=O)c2ccccc2)c1. The summed E-state index contributed by atoms with van der Waals surface area (Å²) in [6.07, 6.45) is 5.90. The van der Waals surface area contributed by atoms with E-state index in [1.807, 2.05) is 10.8 Å². The van der Waals surface area contributed by atoms with Gasteiger partial charge in [-0.25, -0.2) is 13.4 Å². The van der Waals surface area contributed by atoms with Crippen molar-refractivity contribution in [1.82, 2.24) is 14.9 Å². The van der Waals surface area contributed by atoms with Crippen LogP contribution in [-0.4, -0.2) is 51.2 Å². The third-order valence-electron chi connectivity index (χ3n) is 4.75. The number of benzene rings is 2. The Morgan fingerprint density at radius 1 is 1.12 bits per heavy atom. The van der Waals surface area contributed by atoms with Crippen LogP contribution < -0.4 is 19.1 Å². The second-order valence-corrected chi connectivity index (χ2v) is 8.73. The average Bonchev–Trinajstić information content (AvgIpc) is 3.34. The number of carbonyl (C=O) groups excluding carboxylic acids is 1. The third kappa shape index (κ3) is 5.58. The second-order valence-electron chi connectivity index (χ2n) is 6.87. The summed E-state index contributed by atoms with van der Waals surface area (Å²) in [5.74, 6) is 0.313. The molecular formula is C22H26N4O5S. The van der Waals surface area contributed by atoms with Crippen LogP contribution in [0.2, 0.25) is 0 Å². The molecule has 1 aromatic heterocycles. The summed E-state index contributed by atoms with van der Waals surface area (Å²) in [6, 6.07) is 12.7. The van der Waals surface area contributed by atoms with Crippen LogP contribution >= 0.6 is 0 Å². The van der Waals surface area contributed by atoms with Crippen molar-refractivity contribution < 1.29 is 22.7 Å². The molecule has 0 saturated carbocycles. The van der Waals surface area contributed by atoms with Gasteiger partial charge in [0.15, 0.2) is 0 Å². The molecule has 0 unspecified atom stereocenters. The number of aryl methyl sites for hydroxylation is 1. The lowest BCUT2D eigenvalue weighted by Gasteiger charge is -2.26. The van der Waals surface area contributed by atoms with Gasteiger partial charge >= 0.3 is 0 Å². The Bertz CT molecular complexity index is 1120. The van der Waals surface area contributed by atoms with Crippen LogP contribution in [0.5, 0.6) is 11.5 Å². The van der Waals surface area contributed by atoms with E-state index in [-0.39, 0.29) is 10.6 Å². The van der Waals surface area contributed by atoms with Gasteiger partial charge in [-0.2, -0.15) is 0 Å². The monoisotopic (exact) mass is 458 g/mol. The van der Waals surface area contributed by atoms with Gasteiger partial charge in [0, 0.05) is 31.5 Å². The third-order valence-corrected chi connectivity index (χ3v) is 6.52. The molecule has 0 aliphatic carbocycles. The number of sulfonamides is 1. The molecular weight excluding hydrogens is 432 g/mol. The zero-order valence-corrected chi connectivity index (χ0v) is 18.8. The van der Waals surface area contributed by atoms with E-state index in [0.717, 1.165) is 4.31 Å². The lowest BCUT2D eigenvalue weighted by atomic mass is 10.2. The highest BCUT2D eigenvalue weighted by atomic mass is 32.2. The maximum atomic E-state index is 13.5. The van der Waals surface area contributed by atoms with Crippen molar-refractivity contribution in [2.24, 2.45) is 0 Å². The Balaban J connectivity index is 1.83. The summed E-state index contributed by atoms with van der Waals surface area (Å²) in [5.41, 5.74) is 0.212. The Kier molecular flexibility index (Phi) is 7.72. The van der Waals surface area contributed by atoms with Gasteiger partial charge in [0.05, 0.1) is 31.1 Å². The zero-order chi connectivity index (χ0) is 23.0. The van der Waals surface area contributed by atoms with Gasteiger partial charge in [0.1, 0.15) is 18.0 Å². The number of anilines is 1. The van der Waals surface area contributed by atoms with Crippen molar-refractivity contribution in [3.63, 3.8) is 0 Å². The molecule has 3 aromatic rings. The molecule has 1 N–H and O–H groups in total. The topological polar surface area (TPSA) is 103 Å². The predicted molar refractivity (Wildman–Crippen MR) is 120 cm³/mol. The van der Waals surface area contributed by atoms with Gasteiger partial charge in [-0.3, -0.25) is 9.10 Å². The van der Waals surface area contributed by atoms with E-state index in [1.165, 1.54) is 32.4 Å². The molecule has 1 heterocycles. The van der Waals surface area contributed by atoms with E-state index in [4.69, 9.17) is 9.47 Å². The molecule has 0 spiro atoms. The van der Waals surface area contributed by atoms with E-state index in [0.29, 0.717) is 31.0 Å². The van der Waals surface area contributed by atoms with E-state index < -0.39 is 22.5 Å². The Morgan fingerprint density at radius 3 is 2.56 bits per heavy atom. The first kappa shape index (κ1) is 23.1. The number of aromatic nitrogens is 2. The number of nitrogens with zero attached hydrogens (tertiary/aromatic N) is 3. The number of imidazole rings is 1. The second kappa shape index (κ2) is 10.7. The number of hydrogen-bond acceptors (Lipinski definition) is 6. The van der Waals surface area contributed by atoms with Gasteiger partial charge in [0.25, 0.3) is 10.0 Å². The van der Waals surface area contributed by atoms with Crippen molar-refractivity contribution in [3.8, 4) is 11.5 Å². The van der Waals surface area contributed by atoms with Crippen molar-refractivity contribution in [2.75, 3.05) is 31.6 Å². The van der Waals surface area contributed by atoms with Gasteiger partial charge in [-0.15, -0.1) is 0 Å². The molecule has 0 bridgehead atoms. The van der Waals surface area contributed by atoms with Crippen LogP contribution in [-0.2, 0) is 21.4 Å². The quantitative estimate of drug-likeness (QED) is 0.443. The Labute approximate surface area is 187 Å². The van der Waals surface area contributed by atoms with Crippen molar-refractivity contribution in [2.45, 2.75) is 17.9 Å². The molecule has 170 valence electrons. The molecule has 0 fully saturated rings. The van der Waals surface area contributed by atoms with Crippen LogP contribution in [0, 0.1) is 0 Å². The van der Waals surface area contributed by atoms with Crippen LogP contribution in [0.4, 0.5) is 5.69 Å². The first-order valence-corrected chi connectivity index (χ1v) is 11.4. The minimum absolute atomic E-state index is 0.0674. The smallest absolute Gasteiger partial charge is 0.264 e. The van der Waals surface area contributed by atoms with E-state index in [1.54, 1.807) is 42.9 Å². The fourth-order valence-corrected chi connectivity index (χ4v) is 4.55. The highest BCUT2D eigenvalue weighted by Gasteiger charge is 2.29. The lowest BCUT2D eigenvalue weighted by molar-refractivity contribution is -0.119. The molecule has 10 heteroatoms. The van der Waals surface area contributed by atoms with Crippen molar-refractivity contribution >= 4 is 21.6 Å². The van der Waals surface area contributed by atoms with Gasteiger partial charge in [0.2, 0.25) is 5.91 Å². The van der Waals surface area contributed by atoms with Crippen LogP contribution in [0.15, 0.2) is 72.1 Å². The van der Waals surface area contributed by atoms with Crippen LogP contribution in [0.3, 0.4) is 0 Å². The molecule has 0 radical (unpaired) electrons. The summed E-state index contributed by atoms with van der Waals surface area (Å²) in [6.45, 7) is 0.674. The molecule has 3 rings (SSSR count). The number of methoxy groups -OCH3 is 2. The molecule has 0 atom stereocenters. The maximum Gasteiger partial charge on any atom is 0.264 e. The lowest BCUT2D eigenvalue weighted by Crippen LogP contribution is -2.41. The van der Waals surface area contributed by atoms with Crippen LogP contribution in [0.25, 0.3) is 0 Å².